The third-order valence-corrected chi connectivity index (χ3v) is 3.78. The number of aromatic nitrogens is 2. The summed E-state index contributed by atoms with van der Waals surface area (Å²) in [6.45, 7) is 7.32. The van der Waals surface area contributed by atoms with E-state index in [1.165, 1.54) is 0 Å². The molecule has 1 fully saturated rings. The Kier molecular flexibility index (Phi) is 4.71. The van der Waals surface area contributed by atoms with Gasteiger partial charge in [0.25, 0.3) is 0 Å². The Balaban J connectivity index is 2.02. The number of nitrogens with zero attached hydrogens (tertiary/aromatic N) is 4. The average molecular weight is 263 g/mol. The van der Waals surface area contributed by atoms with E-state index in [1.54, 1.807) is 0 Å². The molecule has 0 bridgehead atoms. The minimum atomic E-state index is 0.155. The Morgan fingerprint density at radius 1 is 1.37 bits per heavy atom. The number of piperazine rings is 1. The standard InChI is InChI=1S/C14H25N5/c1-4-13-10-19(6-5-18(13)3)14-16-8-12(9-17-14)7-11(2)15/h8-9,11,13H,4-7,10,15H2,1-3H3. The van der Waals surface area contributed by atoms with Gasteiger partial charge in [0.05, 0.1) is 0 Å². The lowest BCUT2D eigenvalue weighted by atomic mass is 10.1. The highest BCUT2D eigenvalue weighted by Crippen LogP contribution is 2.16. The molecule has 0 radical (unpaired) electrons. The van der Waals surface area contributed by atoms with Crippen molar-refractivity contribution in [3.8, 4) is 0 Å². The quantitative estimate of drug-likeness (QED) is 0.874. The molecular formula is C14H25N5. The molecule has 106 valence electrons. The van der Waals surface area contributed by atoms with Gasteiger partial charge < -0.3 is 10.6 Å². The van der Waals surface area contributed by atoms with Crippen molar-refractivity contribution in [1.82, 2.24) is 14.9 Å². The van der Waals surface area contributed by atoms with Gasteiger partial charge in [-0.1, -0.05) is 6.92 Å². The molecule has 19 heavy (non-hydrogen) atoms. The van der Waals surface area contributed by atoms with E-state index in [2.05, 4.69) is 33.7 Å². The smallest absolute Gasteiger partial charge is 0.225 e. The summed E-state index contributed by atoms with van der Waals surface area (Å²) in [5.41, 5.74) is 6.90. The van der Waals surface area contributed by atoms with E-state index in [4.69, 9.17) is 5.73 Å². The van der Waals surface area contributed by atoms with E-state index >= 15 is 0 Å². The van der Waals surface area contributed by atoms with Gasteiger partial charge in [-0.2, -0.15) is 0 Å². The zero-order chi connectivity index (χ0) is 13.8. The highest BCUT2D eigenvalue weighted by molar-refractivity contribution is 5.31. The molecule has 1 aliphatic heterocycles. The van der Waals surface area contributed by atoms with Crippen LogP contribution in [0.1, 0.15) is 25.8 Å². The largest absolute Gasteiger partial charge is 0.338 e. The van der Waals surface area contributed by atoms with Crippen LogP contribution >= 0.6 is 0 Å². The molecule has 1 aromatic rings. The lowest BCUT2D eigenvalue weighted by Gasteiger charge is -2.39. The van der Waals surface area contributed by atoms with E-state index in [0.29, 0.717) is 6.04 Å². The van der Waals surface area contributed by atoms with Crippen molar-refractivity contribution in [2.75, 3.05) is 31.6 Å². The van der Waals surface area contributed by atoms with Crippen LogP contribution in [0.3, 0.4) is 0 Å². The van der Waals surface area contributed by atoms with Crippen LogP contribution in [-0.2, 0) is 6.42 Å². The number of hydrogen-bond acceptors (Lipinski definition) is 5. The highest BCUT2D eigenvalue weighted by Gasteiger charge is 2.24. The molecule has 2 unspecified atom stereocenters. The van der Waals surface area contributed by atoms with Crippen LogP contribution in [0.25, 0.3) is 0 Å². The Bertz CT molecular complexity index is 389. The van der Waals surface area contributed by atoms with Crippen LogP contribution in [0.2, 0.25) is 0 Å². The van der Waals surface area contributed by atoms with Crippen LogP contribution in [0.4, 0.5) is 5.95 Å². The first kappa shape index (κ1) is 14.2. The van der Waals surface area contributed by atoms with Crippen molar-refractivity contribution < 1.29 is 0 Å². The summed E-state index contributed by atoms with van der Waals surface area (Å²) >= 11 is 0. The predicted octanol–water partition coefficient (Wildman–Crippen LogP) is 0.897. The first-order chi connectivity index (χ1) is 9.10. The fraction of sp³-hybridized carbons (Fsp3) is 0.714. The first-order valence-electron chi connectivity index (χ1n) is 7.11. The minimum Gasteiger partial charge on any atom is -0.338 e. The van der Waals surface area contributed by atoms with Gasteiger partial charge in [0.2, 0.25) is 5.95 Å². The summed E-state index contributed by atoms with van der Waals surface area (Å²) in [6.07, 6.45) is 5.81. The SMILES string of the molecule is CCC1CN(c2ncc(CC(C)N)cn2)CCN1C. The fourth-order valence-electron chi connectivity index (χ4n) is 2.56. The van der Waals surface area contributed by atoms with Crippen LogP contribution < -0.4 is 10.6 Å². The normalized spacial score (nSPS) is 22.5. The van der Waals surface area contributed by atoms with Crippen molar-refractivity contribution in [1.29, 1.82) is 0 Å². The summed E-state index contributed by atoms with van der Waals surface area (Å²) in [4.78, 5) is 13.7. The Hall–Kier alpha value is -1.20. The van der Waals surface area contributed by atoms with E-state index < -0.39 is 0 Å². The second kappa shape index (κ2) is 6.30. The first-order valence-corrected chi connectivity index (χ1v) is 7.11. The summed E-state index contributed by atoms with van der Waals surface area (Å²) in [6, 6.07) is 0.753. The Morgan fingerprint density at radius 2 is 2.05 bits per heavy atom. The van der Waals surface area contributed by atoms with Crippen LogP contribution in [-0.4, -0.2) is 53.6 Å². The second-order valence-corrected chi connectivity index (χ2v) is 5.56. The maximum absolute atomic E-state index is 5.79. The zero-order valence-corrected chi connectivity index (χ0v) is 12.2. The van der Waals surface area contributed by atoms with E-state index in [-0.39, 0.29) is 6.04 Å². The molecule has 2 heterocycles. The summed E-state index contributed by atoms with van der Waals surface area (Å²) < 4.78 is 0. The fourth-order valence-corrected chi connectivity index (χ4v) is 2.56. The van der Waals surface area contributed by atoms with Crippen molar-refractivity contribution in [3.63, 3.8) is 0 Å². The zero-order valence-electron chi connectivity index (χ0n) is 12.2. The molecule has 1 aliphatic rings. The third-order valence-electron chi connectivity index (χ3n) is 3.78. The number of anilines is 1. The van der Waals surface area contributed by atoms with Gasteiger partial charge in [0.15, 0.2) is 0 Å². The number of nitrogens with two attached hydrogens (primary N) is 1. The molecular weight excluding hydrogens is 238 g/mol. The van der Waals surface area contributed by atoms with Crippen LogP contribution in [0.15, 0.2) is 12.4 Å². The van der Waals surface area contributed by atoms with E-state index in [1.807, 2.05) is 19.3 Å². The average Bonchev–Trinajstić information content (AvgIpc) is 2.40. The number of rotatable bonds is 4. The van der Waals surface area contributed by atoms with Gasteiger partial charge in [-0.05, 0) is 32.4 Å². The topological polar surface area (TPSA) is 58.3 Å². The van der Waals surface area contributed by atoms with Gasteiger partial charge in [-0.15, -0.1) is 0 Å². The second-order valence-electron chi connectivity index (χ2n) is 5.56. The summed E-state index contributed by atoms with van der Waals surface area (Å²) in [7, 11) is 2.19. The molecule has 2 N–H and O–H groups in total. The number of hydrogen-bond donors (Lipinski definition) is 1. The molecule has 0 spiro atoms. The third kappa shape index (κ3) is 3.64. The van der Waals surface area contributed by atoms with Gasteiger partial charge in [0.1, 0.15) is 0 Å². The van der Waals surface area contributed by atoms with Gasteiger partial charge in [0, 0.05) is 44.1 Å². The maximum Gasteiger partial charge on any atom is 0.225 e. The minimum absolute atomic E-state index is 0.155. The summed E-state index contributed by atoms with van der Waals surface area (Å²) in [5, 5.41) is 0. The molecule has 0 aliphatic carbocycles. The van der Waals surface area contributed by atoms with Gasteiger partial charge in [-0.3, -0.25) is 4.90 Å². The molecule has 1 saturated heterocycles. The van der Waals surface area contributed by atoms with Gasteiger partial charge >= 0.3 is 0 Å². The van der Waals surface area contributed by atoms with Crippen LogP contribution in [0.5, 0.6) is 0 Å². The molecule has 2 rings (SSSR count). The lowest BCUT2D eigenvalue weighted by molar-refractivity contribution is 0.212. The predicted molar refractivity (Wildman–Crippen MR) is 78.3 cm³/mol. The van der Waals surface area contributed by atoms with Gasteiger partial charge in [-0.25, -0.2) is 9.97 Å². The molecule has 0 saturated carbocycles. The lowest BCUT2D eigenvalue weighted by Crippen LogP contribution is -2.51. The van der Waals surface area contributed by atoms with Crippen molar-refractivity contribution in [3.05, 3.63) is 18.0 Å². The monoisotopic (exact) mass is 263 g/mol. The molecule has 1 aromatic heterocycles. The van der Waals surface area contributed by atoms with Crippen LogP contribution in [0, 0.1) is 0 Å². The van der Waals surface area contributed by atoms with Crippen molar-refractivity contribution in [2.45, 2.75) is 38.8 Å². The Labute approximate surface area is 115 Å². The van der Waals surface area contributed by atoms with Crippen molar-refractivity contribution >= 4 is 5.95 Å². The molecule has 5 nitrogen and oxygen atoms in total. The van der Waals surface area contributed by atoms with E-state index in [0.717, 1.165) is 44.0 Å². The van der Waals surface area contributed by atoms with Crippen molar-refractivity contribution in [2.24, 2.45) is 5.73 Å². The Morgan fingerprint density at radius 3 is 2.63 bits per heavy atom. The maximum atomic E-state index is 5.79. The molecule has 0 amide bonds. The number of likely N-dealkylation sites (N-methyl/N-ethyl adjacent to an activating group) is 1. The molecule has 5 heteroatoms. The highest BCUT2D eigenvalue weighted by atomic mass is 15.3. The summed E-state index contributed by atoms with van der Waals surface area (Å²) in [5.74, 6) is 0.847. The molecule has 2 atom stereocenters. The van der Waals surface area contributed by atoms with E-state index in [9.17, 15) is 0 Å². The molecule has 0 aromatic carbocycles.